The van der Waals surface area contributed by atoms with E-state index in [2.05, 4.69) is 15.9 Å². The lowest BCUT2D eigenvalue weighted by Crippen LogP contribution is -2.41. The number of benzene rings is 3. The number of rotatable bonds is 10. The van der Waals surface area contributed by atoms with E-state index in [1.807, 2.05) is 0 Å². The van der Waals surface area contributed by atoms with Crippen molar-refractivity contribution in [1.29, 1.82) is 5.26 Å². The van der Waals surface area contributed by atoms with Crippen LogP contribution in [0.4, 0.5) is 17.6 Å². The van der Waals surface area contributed by atoms with Gasteiger partial charge in [-0.2, -0.15) is 18.4 Å². The number of Topliss-reactive ketones (excluding diaryl/α,β-unsaturated/α-hetero) is 1. The molecule has 48 heavy (non-hydrogen) atoms. The Morgan fingerprint density at radius 1 is 1.04 bits per heavy atom. The predicted octanol–water partition coefficient (Wildman–Crippen LogP) is 7.07. The molecule has 2 heterocycles. The van der Waals surface area contributed by atoms with Crippen LogP contribution in [0.2, 0.25) is 5.02 Å². The van der Waals surface area contributed by atoms with Gasteiger partial charge in [0.15, 0.2) is 19.0 Å². The molecule has 250 valence electrons. The molecule has 0 bridgehead atoms. The zero-order valence-electron chi connectivity index (χ0n) is 25.2. The van der Waals surface area contributed by atoms with Crippen molar-refractivity contribution in [2.75, 3.05) is 19.8 Å². The lowest BCUT2D eigenvalue weighted by molar-refractivity contribution is -0.153. The first-order chi connectivity index (χ1) is 22.8. The zero-order chi connectivity index (χ0) is 34.7. The second-order valence-corrected chi connectivity index (χ2v) is 12.2. The van der Waals surface area contributed by atoms with Crippen molar-refractivity contribution in [2.24, 2.45) is 0 Å². The Labute approximate surface area is 285 Å². The van der Waals surface area contributed by atoms with Crippen molar-refractivity contribution >= 4 is 39.2 Å². The van der Waals surface area contributed by atoms with Gasteiger partial charge in [-0.3, -0.25) is 18.7 Å². The molecule has 1 aliphatic heterocycles. The van der Waals surface area contributed by atoms with E-state index in [1.165, 1.54) is 51.9 Å². The van der Waals surface area contributed by atoms with Gasteiger partial charge in [0.1, 0.15) is 29.1 Å². The standard InChI is InChI=1S/C33H26BrClF4N4O5/c1-19(24-8-7-23(16-27(24)36)47-13-10-40)14-29(44)30-28-17-41(31(45)20-2-9-25(34)26(35)15-20)11-12-42(28)32(46)43(30)21-3-5-22(6-4-21)48-18-33(37,38)39/h2-9,15-16,19H,11-14,17-18H2,1H3/t19-/m0/s1. The molecule has 0 saturated heterocycles. The molecule has 1 aliphatic rings. The fourth-order valence-corrected chi connectivity index (χ4v) is 5.85. The Morgan fingerprint density at radius 2 is 1.75 bits per heavy atom. The van der Waals surface area contributed by atoms with E-state index in [0.717, 1.165) is 10.6 Å². The molecule has 1 amide bonds. The summed E-state index contributed by atoms with van der Waals surface area (Å²) in [6.07, 6.45) is -4.80. The number of carbonyl (C=O) groups is 2. The van der Waals surface area contributed by atoms with E-state index < -0.39 is 36.0 Å². The Kier molecular flexibility index (Phi) is 10.3. The van der Waals surface area contributed by atoms with Gasteiger partial charge in [-0.05, 0) is 75.9 Å². The maximum Gasteiger partial charge on any atom is 0.422 e. The number of alkyl halides is 3. The highest BCUT2D eigenvalue weighted by molar-refractivity contribution is 9.10. The number of carbonyl (C=O) groups excluding carboxylic acids is 2. The SMILES string of the molecule is C[C@@H](CC(=O)c1c2n(c(=O)n1-c1ccc(OCC(F)(F)F)cc1)CCN(C(=O)c1ccc(Br)c(Cl)c1)C2)c1ccc(OCC#N)cc1F. The summed E-state index contributed by atoms with van der Waals surface area (Å²) < 4.78 is 66.2. The van der Waals surface area contributed by atoms with Gasteiger partial charge in [-0.25, -0.2) is 9.18 Å². The number of fused-ring (bicyclic) bond motifs is 1. The molecule has 0 fully saturated rings. The largest absolute Gasteiger partial charge is 0.484 e. The van der Waals surface area contributed by atoms with Crippen molar-refractivity contribution in [2.45, 2.75) is 38.5 Å². The van der Waals surface area contributed by atoms with Crippen molar-refractivity contribution in [3.63, 3.8) is 0 Å². The number of nitrogens with zero attached hydrogens (tertiary/aromatic N) is 4. The summed E-state index contributed by atoms with van der Waals surface area (Å²) in [5, 5.41) is 9.05. The third-order valence-corrected chi connectivity index (χ3v) is 8.92. The first kappa shape index (κ1) is 34.7. The van der Waals surface area contributed by atoms with Crippen LogP contribution >= 0.6 is 27.5 Å². The summed E-state index contributed by atoms with van der Waals surface area (Å²) in [5.74, 6) is -2.19. The van der Waals surface area contributed by atoms with E-state index in [1.54, 1.807) is 25.1 Å². The number of aromatic nitrogens is 2. The van der Waals surface area contributed by atoms with Gasteiger partial charge in [0, 0.05) is 35.6 Å². The normalized spacial score (nSPS) is 13.4. The van der Waals surface area contributed by atoms with E-state index in [9.17, 15) is 27.6 Å². The fourth-order valence-electron chi connectivity index (χ4n) is 5.42. The van der Waals surface area contributed by atoms with Crippen molar-refractivity contribution < 1.29 is 36.6 Å². The van der Waals surface area contributed by atoms with Gasteiger partial charge in [-0.15, -0.1) is 0 Å². The fraction of sp³-hybridized carbons (Fsp3) is 0.273. The number of halogens is 6. The number of imidazole rings is 1. The minimum Gasteiger partial charge on any atom is -0.484 e. The van der Waals surface area contributed by atoms with Gasteiger partial charge < -0.3 is 14.4 Å². The van der Waals surface area contributed by atoms with Gasteiger partial charge >= 0.3 is 11.9 Å². The highest BCUT2D eigenvalue weighted by atomic mass is 79.9. The molecule has 0 spiro atoms. The van der Waals surface area contributed by atoms with Gasteiger partial charge in [0.25, 0.3) is 5.91 Å². The highest BCUT2D eigenvalue weighted by Crippen LogP contribution is 2.30. The van der Waals surface area contributed by atoms with Crippen LogP contribution in [0.3, 0.4) is 0 Å². The topological polar surface area (TPSA) is 107 Å². The van der Waals surface area contributed by atoms with E-state index >= 15 is 4.39 Å². The maximum atomic E-state index is 15.1. The summed E-state index contributed by atoms with van der Waals surface area (Å²) in [6.45, 7) is -0.0627. The summed E-state index contributed by atoms with van der Waals surface area (Å²) in [4.78, 5) is 42.9. The summed E-state index contributed by atoms with van der Waals surface area (Å²) in [6, 6.07) is 15.8. The molecular formula is C33H26BrClF4N4O5. The quantitative estimate of drug-likeness (QED) is 0.127. The first-order valence-electron chi connectivity index (χ1n) is 14.5. The van der Waals surface area contributed by atoms with Crippen molar-refractivity contribution in [3.8, 4) is 23.3 Å². The van der Waals surface area contributed by atoms with Gasteiger partial charge in [0.2, 0.25) is 0 Å². The molecule has 0 N–H and O–H groups in total. The van der Waals surface area contributed by atoms with Gasteiger partial charge in [0.05, 0.1) is 22.9 Å². The monoisotopic (exact) mass is 748 g/mol. The molecule has 15 heteroatoms. The van der Waals surface area contributed by atoms with Crippen LogP contribution in [0, 0.1) is 17.1 Å². The first-order valence-corrected chi connectivity index (χ1v) is 15.7. The van der Waals surface area contributed by atoms with Crippen LogP contribution in [0.15, 0.2) is 69.9 Å². The second-order valence-electron chi connectivity index (χ2n) is 11.0. The number of amides is 1. The number of nitriles is 1. The Hall–Kier alpha value is -4.61. The number of hydrogen-bond acceptors (Lipinski definition) is 6. The molecule has 1 aromatic heterocycles. The molecule has 0 aliphatic carbocycles. The Bertz CT molecular complexity index is 1970. The van der Waals surface area contributed by atoms with Gasteiger partial charge in [-0.1, -0.05) is 24.6 Å². The molecule has 5 rings (SSSR count). The van der Waals surface area contributed by atoms with E-state index in [4.69, 9.17) is 26.3 Å². The average molecular weight is 750 g/mol. The Balaban J connectivity index is 1.51. The molecule has 1 atom stereocenters. The minimum absolute atomic E-state index is 0.0449. The highest BCUT2D eigenvalue weighted by Gasteiger charge is 2.33. The molecular weight excluding hydrogens is 724 g/mol. The number of ether oxygens (including phenoxy) is 2. The predicted molar refractivity (Wildman–Crippen MR) is 170 cm³/mol. The molecule has 3 aromatic carbocycles. The third-order valence-electron chi connectivity index (χ3n) is 7.69. The van der Waals surface area contributed by atoms with Crippen LogP contribution in [-0.4, -0.2) is 51.7 Å². The molecule has 0 saturated carbocycles. The Morgan fingerprint density at radius 3 is 2.40 bits per heavy atom. The van der Waals surface area contributed by atoms with Crippen molar-refractivity contribution in [3.05, 3.63) is 109 Å². The van der Waals surface area contributed by atoms with Crippen LogP contribution in [0.5, 0.6) is 11.5 Å². The minimum atomic E-state index is -4.55. The third kappa shape index (κ3) is 7.58. The van der Waals surface area contributed by atoms with Crippen molar-refractivity contribution in [1.82, 2.24) is 14.0 Å². The molecule has 9 nitrogen and oxygen atoms in total. The van der Waals surface area contributed by atoms with Crippen LogP contribution < -0.4 is 15.2 Å². The lowest BCUT2D eigenvalue weighted by Gasteiger charge is -2.28. The second kappa shape index (κ2) is 14.2. The number of hydrogen-bond donors (Lipinski definition) is 0. The summed E-state index contributed by atoms with van der Waals surface area (Å²) in [5.41, 5.74) is 0.292. The molecule has 4 aromatic rings. The molecule has 0 radical (unpaired) electrons. The maximum absolute atomic E-state index is 15.1. The van der Waals surface area contributed by atoms with Crippen LogP contribution in [-0.2, 0) is 13.1 Å². The number of ketones is 1. The van der Waals surface area contributed by atoms with Crippen LogP contribution in [0.1, 0.15) is 51.4 Å². The smallest absolute Gasteiger partial charge is 0.422 e. The lowest BCUT2D eigenvalue weighted by atomic mass is 9.93. The average Bonchev–Trinajstić information content (AvgIpc) is 3.35. The van der Waals surface area contributed by atoms with Crippen LogP contribution in [0.25, 0.3) is 5.69 Å². The zero-order valence-corrected chi connectivity index (χ0v) is 27.5. The van der Waals surface area contributed by atoms with E-state index in [0.29, 0.717) is 15.1 Å². The summed E-state index contributed by atoms with van der Waals surface area (Å²) in [7, 11) is 0. The van der Waals surface area contributed by atoms with E-state index in [-0.39, 0.29) is 72.7 Å². The summed E-state index contributed by atoms with van der Waals surface area (Å²) >= 11 is 9.50. The molecule has 0 unspecified atom stereocenters.